The van der Waals surface area contributed by atoms with E-state index in [9.17, 15) is 9.59 Å². The average Bonchev–Trinajstić information content (AvgIpc) is 3.23. The molecule has 0 saturated heterocycles. The summed E-state index contributed by atoms with van der Waals surface area (Å²) in [4.78, 5) is 26.2. The smallest absolute Gasteiger partial charge is 0.287 e. The third-order valence-electron chi connectivity index (χ3n) is 4.20. The van der Waals surface area contributed by atoms with E-state index in [0.29, 0.717) is 27.0 Å². The molecule has 1 heterocycles. The predicted octanol–water partition coefficient (Wildman–Crippen LogP) is 4.34. The van der Waals surface area contributed by atoms with Crippen LogP contribution in [-0.4, -0.2) is 32.2 Å². The maximum Gasteiger partial charge on any atom is 0.287 e. The Morgan fingerprint density at radius 3 is 2.41 bits per heavy atom. The number of amides is 2. The van der Waals surface area contributed by atoms with E-state index in [1.54, 1.807) is 60.7 Å². The van der Waals surface area contributed by atoms with Gasteiger partial charge >= 0.3 is 0 Å². The molecule has 2 aromatic carbocycles. The Kier molecular flexibility index (Phi) is 8.02. The molecule has 3 rings (SSSR count). The fourth-order valence-electron chi connectivity index (χ4n) is 2.66. The first kappa shape index (κ1) is 23.1. The lowest BCUT2D eigenvalue weighted by molar-refractivity contribution is -0.117. The molecule has 0 spiro atoms. The van der Waals surface area contributed by atoms with Gasteiger partial charge in [0, 0.05) is 10.4 Å². The highest BCUT2D eigenvalue weighted by atomic mass is 35.5. The quantitative estimate of drug-likeness (QED) is 0.292. The highest BCUT2D eigenvalue weighted by Gasteiger charge is 2.15. The third-order valence-corrected chi connectivity index (χ3v) is 5.36. The summed E-state index contributed by atoms with van der Waals surface area (Å²) in [5, 5.41) is 6.60. The van der Waals surface area contributed by atoms with Gasteiger partial charge in [0.15, 0.2) is 11.5 Å². The van der Waals surface area contributed by atoms with Crippen LogP contribution in [0.4, 0.5) is 0 Å². The van der Waals surface area contributed by atoms with Crippen molar-refractivity contribution in [2.75, 3.05) is 14.2 Å². The van der Waals surface area contributed by atoms with E-state index >= 15 is 0 Å². The average molecular weight is 470 g/mol. The van der Waals surface area contributed by atoms with Gasteiger partial charge < -0.3 is 14.8 Å². The predicted molar refractivity (Wildman–Crippen MR) is 126 cm³/mol. The fourth-order valence-corrected chi connectivity index (χ4v) is 3.60. The molecule has 2 amide bonds. The van der Waals surface area contributed by atoms with Crippen molar-refractivity contribution in [1.82, 2.24) is 10.7 Å². The van der Waals surface area contributed by atoms with Crippen molar-refractivity contribution in [2.24, 2.45) is 5.10 Å². The molecule has 0 aliphatic rings. The van der Waals surface area contributed by atoms with Gasteiger partial charge in [-0.05, 0) is 48.0 Å². The number of halogens is 1. The number of thiophene rings is 1. The molecule has 1 aromatic heterocycles. The first-order valence-electron chi connectivity index (χ1n) is 9.39. The molecule has 164 valence electrons. The van der Waals surface area contributed by atoms with Crippen LogP contribution in [0.15, 0.2) is 71.5 Å². The number of nitrogens with zero attached hydrogens (tertiary/aromatic N) is 1. The number of carbonyl (C=O) groups excluding carboxylic acids is 2. The Labute approximate surface area is 194 Å². The molecule has 2 N–H and O–H groups in total. The second kappa shape index (κ2) is 11.1. The molecule has 0 aliphatic heterocycles. The number of rotatable bonds is 8. The van der Waals surface area contributed by atoms with Crippen molar-refractivity contribution in [2.45, 2.75) is 0 Å². The van der Waals surface area contributed by atoms with Crippen LogP contribution in [0.25, 0.3) is 6.08 Å². The SMILES string of the molecule is COc1ccc(/C=C(\NC(=O)c2ccccc2)C(=O)N/N=C/c2ccc(Cl)s2)cc1OC. The number of carbonyl (C=O) groups is 2. The second-order valence-electron chi connectivity index (χ2n) is 6.33. The number of hydrogen-bond acceptors (Lipinski definition) is 6. The van der Waals surface area contributed by atoms with Crippen LogP contribution in [-0.2, 0) is 4.79 Å². The van der Waals surface area contributed by atoms with E-state index in [0.717, 1.165) is 4.88 Å². The molecule has 7 nitrogen and oxygen atoms in total. The van der Waals surface area contributed by atoms with Crippen molar-refractivity contribution in [1.29, 1.82) is 0 Å². The zero-order valence-electron chi connectivity index (χ0n) is 17.3. The van der Waals surface area contributed by atoms with Gasteiger partial charge in [-0.25, -0.2) is 5.43 Å². The molecule has 0 atom stereocenters. The minimum absolute atomic E-state index is 0.00688. The van der Waals surface area contributed by atoms with Gasteiger partial charge in [-0.2, -0.15) is 5.10 Å². The molecule has 0 bridgehead atoms. The molecule has 9 heteroatoms. The summed E-state index contributed by atoms with van der Waals surface area (Å²) >= 11 is 7.22. The summed E-state index contributed by atoms with van der Waals surface area (Å²) in [5.74, 6) is 0.00985. The highest BCUT2D eigenvalue weighted by Crippen LogP contribution is 2.28. The first-order chi connectivity index (χ1) is 15.5. The summed E-state index contributed by atoms with van der Waals surface area (Å²) in [6.45, 7) is 0. The van der Waals surface area contributed by atoms with Crippen molar-refractivity contribution < 1.29 is 19.1 Å². The number of benzene rings is 2. The fraction of sp³-hybridized carbons (Fsp3) is 0.0870. The molecule has 32 heavy (non-hydrogen) atoms. The van der Waals surface area contributed by atoms with E-state index in [4.69, 9.17) is 21.1 Å². The first-order valence-corrected chi connectivity index (χ1v) is 10.6. The third kappa shape index (κ3) is 6.19. The van der Waals surface area contributed by atoms with E-state index in [2.05, 4.69) is 15.8 Å². The van der Waals surface area contributed by atoms with Gasteiger partial charge in [-0.15, -0.1) is 11.3 Å². The molecule has 0 fully saturated rings. The molecular weight excluding hydrogens is 450 g/mol. The summed E-state index contributed by atoms with van der Waals surface area (Å²) in [6, 6.07) is 17.2. The topological polar surface area (TPSA) is 89.0 Å². The number of methoxy groups -OCH3 is 2. The molecule has 0 aliphatic carbocycles. The monoisotopic (exact) mass is 469 g/mol. The Balaban J connectivity index is 1.86. The maximum atomic E-state index is 12.8. The largest absolute Gasteiger partial charge is 0.493 e. The zero-order valence-corrected chi connectivity index (χ0v) is 18.9. The number of hydrazone groups is 1. The Morgan fingerprint density at radius 1 is 1.00 bits per heavy atom. The van der Waals surface area contributed by atoms with Crippen molar-refractivity contribution in [3.8, 4) is 11.5 Å². The molecular formula is C23H20ClN3O4S. The van der Waals surface area contributed by atoms with Crippen LogP contribution in [0.5, 0.6) is 11.5 Å². The van der Waals surface area contributed by atoms with Gasteiger partial charge in [0.25, 0.3) is 11.8 Å². The van der Waals surface area contributed by atoms with Crippen LogP contribution >= 0.6 is 22.9 Å². The lowest BCUT2D eigenvalue weighted by atomic mass is 10.1. The van der Waals surface area contributed by atoms with Crippen LogP contribution in [0.3, 0.4) is 0 Å². The number of nitrogens with one attached hydrogen (secondary N) is 2. The summed E-state index contributed by atoms with van der Waals surface area (Å²) in [6.07, 6.45) is 3.00. The van der Waals surface area contributed by atoms with Gasteiger partial charge in [0.05, 0.1) is 24.8 Å². The number of ether oxygens (including phenoxy) is 2. The molecule has 3 aromatic rings. The van der Waals surface area contributed by atoms with Crippen LogP contribution in [0.2, 0.25) is 4.34 Å². The van der Waals surface area contributed by atoms with Gasteiger partial charge in [-0.1, -0.05) is 35.9 Å². The van der Waals surface area contributed by atoms with E-state index in [-0.39, 0.29) is 5.70 Å². The summed E-state index contributed by atoms with van der Waals surface area (Å²) in [5.41, 5.74) is 3.46. The second-order valence-corrected chi connectivity index (χ2v) is 8.08. The van der Waals surface area contributed by atoms with E-state index < -0.39 is 11.8 Å². The zero-order chi connectivity index (χ0) is 22.9. The standard InChI is InChI=1S/C23H20ClN3O4S/c1-30-19-10-8-15(13-20(19)31-2)12-18(26-22(28)16-6-4-3-5-7-16)23(29)27-25-14-17-9-11-21(24)32-17/h3-14H,1-2H3,(H,26,28)(H,27,29)/b18-12-,25-14+. The Hall–Kier alpha value is -3.62. The minimum Gasteiger partial charge on any atom is -0.493 e. The number of hydrogen-bond donors (Lipinski definition) is 2. The Bertz CT molecular complexity index is 1160. The van der Waals surface area contributed by atoms with Crippen LogP contribution < -0.4 is 20.2 Å². The molecule has 0 radical (unpaired) electrons. The van der Waals surface area contributed by atoms with Crippen LogP contribution in [0, 0.1) is 0 Å². The maximum absolute atomic E-state index is 12.8. The Morgan fingerprint density at radius 2 is 1.75 bits per heavy atom. The normalized spacial score (nSPS) is 11.3. The van der Waals surface area contributed by atoms with Crippen molar-refractivity contribution in [3.05, 3.63) is 86.7 Å². The van der Waals surface area contributed by atoms with Gasteiger partial charge in [0.2, 0.25) is 0 Å². The van der Waals surface area contributed by atoms with Crippen molar-refractivity contribution >= 4 is 47.0 Å². The van der Waals surface area contributed by atoms with E-state index in [1.807, 2.05) is 0 Å². The molecule has 0 unspecified atom stereocenters. The minimum atomic E-state index is -0.594. The lowest BCUT2D eigenvalue weighted by Gasteiger charge is -2.11. The molecule has 0 saturated carbocycles. The van der Waals surface area contributed by atoms with Crippen molar-refractivity contribution in [3.63, 3.8) is 0 Å². The summed E-state index contributed by atoms with van der Waals surface area (Å²) in [7, 11) is 3.05. The summed E-state index contributed by atoms with van der Waals surface area (Å²) < 4.78 is 11.2. The lowest BCUT2D eigenvalue weighted by Crippen LogP contribution is -2.32. The van der Waals surface area contributed by atoms with Gasteiger partial charge in [0.1, 0.15) is 5.70 Å². The van der Waals surface area contributed by atoms with Gasteiger partial charge in [-0.3, -0.25) is 9.59 Å². The van der Waals surface area contributed by atoms with Crippen LogP contribution in [0.1, 0.15) is 20.8 Å². The van der Waals surface area contributed by atoms with E-state index in [1.165, 1.54) is 37.8 Å². The highest BCUT2D eigenvalue weighted by molar-refractivity contribution is 7.17.